The Bertz CT molecular complexity index is 973. The minimum Gasteiger partial charge on any atom is -0.310 e. The van der Waals surface area contributed by atoms with Crippen LogP contribution in [0.15, 0.2) is 41.7 Å². The van der Waals surface area contributed by atoms with Gasteiger partial charge < -0.3 is 9.88 Å². The Morgan fingerprint density at radius 1 is 1.25 bits per heavy atom. The van der Waals surface area contributed by atoms with Crippen LogP contribution in [-0.4, -0.2) is 36.2 Å². The van der Waals surface area contributed by atoms with E-state index in [9.17, 15) is 4.79 Å². The minimum atomic E-state index is -0.0650. The summed E-state index contributed by atoms with van der Waals surface area (Å²) < 4.78 is 3.88. The summed E-state index contributed by atoms with van der Waals surface area (Å²) in [5.41, 5.74) is 2.19. The summed E-state index contributed by atoms with van der Waals surface area (Å²) in [5, 5.41) is 16.6. The Labute approximate surface area is 168 Å². The smallest absolute Gasteiger partial charge is 0.235 e. The Morgan fingerprint density at radius 3 is 2.86 bits per heavy atom. The maximum Gasteiger partial charge on any atom is 0.235 e. The zero-order valence-electron chi connectivity index (χ0n) is 16.1. The number of rotatable bonds is 6. The average molecular weight is 397 g/mol. The lowest BCUT2D eigenvalue weighted by Crippen LogP contribution is -2.19. The van der Waals surface area contributed by atoms with E-state index in [0.717, 1.165) is 35.2 Å². The van der Waals surface area contributed by atoms with Crippen LogP contribution in [-0.2, 0) is 11.8 Å². The third-order valence-corrected chi connectivity index (χ3v) is 6.07. The van der Waals surface area contributed by atoms with Crippen molar-refractivity contribution in [1.82, 2.24) is 24.5 Å². The fraction of sp³-hybridized carbons (Fsp3) is 0.400. The number of aromatic nitrogens is 5. The van der Waals surface area contributed by atoms with Crippen LogP contribution >= 0.6 is 11.8 Å². The quantitative estimate of drug-likeness (QED) is 0.641. The zero-order chi connectivity index (χ0) is 19.5. The molecule has 2 aromatic heterocycles. The summed E-state index contributed by atoms with van der Waals surface area (Å²) in [7, 11) is 1.92. The first-order chi connectivity index (χ1) is 13.6. The number of thioether (sulfide) groups is 1. The van der Waals surface area contributed by atoms with E-state index < -0.39 is 0 Å². The van der Waals surface area contributed by atoms with Gasteiger partial charge in [0.15, 0.2) is 11.0 Å². The molecule has 0 unspecified atom stereocenters. The average Bonchev–Trinajstić information content (AvgIpc) is 3.41. The Morgan fingerprint density at radius 2 is 2.07 bits per heavy atom. The molecular formula is C20H24N6OS. The van der Waals surface area contributed by atoms with E-state index >= 15 is 0 Å². The monoisotopic (exact) mass is 396 g/mol. The Kier molecular flexibility index (Phi) is 5.47. The van der Waals surface area contributed by atoms with Gasteiger partial charge in [0.25, 0.3) is 0 Å². The van der Waals surface area contributed by atoms with Crippen LogP contribution in [0.5, 0.6) is 0 Å². The lowest BCUT2D eigenvalue weighted by Gasteiger charge is -2.14. The Balaban J connectivity index is 1.39. The van der Waals surface area contributed by atoms with Gasteiger partial charge in [-0.2, -0.15) is 5.10 Å². The highest BCUT2D eigenvalue weighted by atomic mass is 32.2. The largest absolute Gasteiger partial charge is 0.310 e. The fourth-order valence-electron chi connectivity index (χ4n) is 3.64. The van der Waals surface area contributed by atoms with Gasteiger partial charge in [-0.15, -0.1) is 10.2 Å². The third-order valence-electron chi connectivity index (χ3n) is 5.05. The Hall–Kier alpha value is -2.61. The molecule has 28 heavy (non-hydrogen) atoms. The molecular weight excluding hydrogens is 372 g/mol. The molecule has 2 heterocycles. The molecule has 8 heteroatoms. The lowest BCUT2D eigenvalue weighted by molar-refractivity contribution is -0.113. The first-order valence-corrected chi connectivity index (χ1v) is 10.5. The van der Waals surface area contributed by atoms with Crippen molar-refractivity contribution in [3.05, 3.63) is 42.1 Å². The maximum absolute atomic E-state index is 12.5. The van der Waals surface area contributed by atoms with Gasteiger partial charge in [-0.25, -0.2) is 4.68 Å². The van der Waals surface area contributed by atoms with E-state index in [0.29, 0.717) is 6.04 Å². The number of carbonyl (C=O) groups is 1. The number of nitrogens with zero attached hydrogens (tertiary/aromatic N) is 5. The standard InChI is InChI=1S/C20H24N6OS/c1-14-6-5-7-15(12-14)19-23-24-20(25(19)2)28-13-18(27)22-17-10-11-21-26(17)16-8-3-4-9-16/h5-7,10-12,16H,3-4,8-9,13H2,1-2H3,(H,22,27). The molecule has 1 saturated carbocycles. The van der Waals surface area contributed by atoms with Crippen molar-refractivity contribution in [3.8, 4) is 11.4 Å². The molecule has 1 aromatic carbocycles. The fourth-order valence-corrected chi connectivity index (χ4v) is 4.35. The van der Waals surface area contributed by atoms with Gasteiger partial charge in [-0.3, -0.25) is 4.79 Å². The molecule has 0 bridgehead atoms. The molecule has 1 aliphatic rings. The summed E-state index contributed by atoms with van der Waals surface area (Å²) >= 11 is 1.38. The molecule has 7 nitrogen and oxygen atoms in total. The van der Waals surface area contributed by atoms with Gasteiger partial charge in [0, 0.05) is 18.7 Å². The molecule has 0 saturated heterocycles. The third kappa shape index (κ3) is 3.96. The van der Waals surface area contributed by atoms with Crippen LogP contribution in [0.25, 0.3) is 11.4 Å². The van der Waals surface area contributed by atoms with Crippen LogP contribution in [0, 0.1) is 6.92 Å². The highest BCUT2D eigenvalue weighted by molar-refractivity contribution is 7.99. The first kappa shape index (κ1) is 18.7. The van der Waals surface area contributed by atoms with Crippen LogP contribution in [0.2, 0.25) is 0 Å². The van der Waals surface area contributed by atoms with Gasteiger partial charge in [-0.05, 0) is 25.8 Å². The number of benzene rings is 1. The SMILES string of the molecule is Cc1cccc(-c2nnc(SCC(=O)Nc3ccnn3C3CCCC3)n2C)c1. The molecule has 1 aliphatic carbocycles. The van der Waals surface area contributed by atoms with Crippen LogP contribution in [0.1, 0.15) is 37.3 Å². The molecule has 0 radical (unpaired) electrons. The molecule has 3 aromatic rings. The molecule has 0 aliphatic heterocycles. The molecule has 1 fully saturated rings. The lowest BCUT2D eigenvalue weighted by atomic mass is 10.1. The highest BCUT2D eigenvalue weighted by Gasteiger charge is 2.21. The van der Waals surface area contributed by atoms with E-state index in [1.807, 2.05) is 34.5 Å². The highest BCUT2D eigenvalue weighted by Crippen LogP contribution is 2.31. The van der Waals surface area contributed by atoms with Gasteiger partial charge in [0.2, 0.25) is 5.91 Å². The van der Waals surface area contributed by atoms with E-state index in [1.54, 1.807) is 6.20 Å². The normalized spacial score (nSPS) is 14.5. The minimum absolute atomic E-state index is 0.0650. The second-order valence-electron chi connectivity index (χ2n) is 7.17. The first-order valence-electron chi connectivity index (χ1n) is 9.54. The number of hydrogen-bond donors (Lipinski definition) is 1. The van der Waals surface area contributed by atoms with E-state index in [4.69, 9.17) is 0 Å². The van der Waals surface area contributed by atoms with Crippen molar-refractivity contribution >= 4 is 23.5 Å². The number of amides is 1. The molecule has 0 spiro atoms. The molecule has 0 atom stereocenters. The topological polar surface area (TPSA) is 77.6 Å². The van der Waals surface area contributed by atoms with Crippen LogP contribution in [0.4, 0.5) is 5.82 Å². The summed E-state index contributed by atoms with van der Waals surface area (Å²) in [4.78, 5) is 12.5. The van der Waals surface area contributed by atoms with Crippen molar-refractivity contribution in [1.29, 1.82) is 0 Å². The summed E-state index contributed by atoms with van der Waals surface area (Å²) in [6, 6.07) is 10.4. The second-order valence-corrected chi connectivity index (χ2v) is 8.11. The van der Waals surface area contributed by atoms with Gasteiger partial charge in [0.1, 0.15) is 5.82 Å². The zero-order valence-corrected chi connectivity index (χ0v) is 16.9. The van der Waals surface area contributed by atoms with Gasteiger partial charge in [0.05, 0.1) is 18.0 Å². The molecule has 1 N–H and O–H groups in total. The molecule has 4 rings (SSSR count). The molecule has 146 valence electrons. The second kappa shape index (κ2) is 8.18. The van der Waals surface area contributed by atoms with E-state index in [2.05, 4.69) is 39.7 Å². The predicted octanol–water partition coefficient (Wildman–Crippen LogP) is 3.83. The number of aryl methyl sites for hydroxylation is 1. The van der Waals surface area contributed by atoms with Crippen molar-refractivity contribution in [2.24, 2.45) is 7.05 Å². The maximum atomic E-state index is 12.5. The van der Waals surface area contributed by atoms with E-state index in [-0.39, 0.29) is 11.7 Å². The number of nitrogens with one attached hydrogen (secondary N) is 1. The van der Waals surface area contributed by atoms with E-state index in [1.165, 1.54) is 30.2 Å². The van der Waals surface area contributed by atoms with Gasteiger partial charge >= 0.3 is 0 Å². The van der Waals surface area contributed by atoms with Crippen molar-refractivity contribution < 1.29 is 4.79 Å². The van der Waals surface area contributed by atoms with Crippen LogP contribution in [0.3, 0.4) is 0 Å². The van der Waals surface area contributed by atoms with Crippen molar-refractivity contribution in [2.75, 3.05) is 11.1 Å². The number of anilines is 1. The summed E-state index contributed by atoms with van der Waals surface area (Å²) in [6.45, 7) is 2.05. The van der Waals surface area contributed by atoms with Gasteiger partial charge in [-0.1, -0.05) is 48.4 Å². The number of hydrogen-bond acceptors (Lipinski definition) is 5. The summed E-state index contributed by atoms with van der Waals surface area (Å²) in [6.07, 6.45) is 6.45. The molecule has 1 amide bonds. The predicted molar refractivity (Wildman–Crippen MR) is 110 cm³/mol. The van der Waals surface area contributed by atoms with Crippen molar-refractivity contribution in [2.45, 2.75) is 43.8 Å². The number of carbonyl (C=O) groups excluding carboxylic acids is 1. The van der Waals surface area contributed by atoms with Crippen LogP contribution < -0.4 is 5.32 Å². The van der Waals surface area contributed by atoms with Crippen molar-refractivity contribution in [3.63, 3.8) is 0 Å². The summed E-state index contributed by atoms with van der Waals surface area (Å²) in [5.74, 6) is 1.78.